The number of nitrogens with zero attached hydrogens (tertiary/aromatic N) is 6. The number of piperazine rings is 1. The number of hydrogen-bond acceptors (Lipinski definition) is 3. The zero-order chi connectivity index (χ0) is 20.0. The first-order chi connectivity index (χ1) is 13.4. The summed E-state index contributed by atoms with van der Waals surface area (Å²) < 4.78 is 2.23. The van der Waals surface area contributed by atoms with Crippen LogP contribution < -0.4 is 0 Å². The van der Waals surface area contributed by atoms with Crippen LogP contribution in [0.4, 0.5) is 4.79 Å². The lowest BCUT2D eigenvalue weighted by molar-refractivity contribution is -0.544. The number of benzene rings is 1. The average molecular weight is 383 g/mol. The van der Waals surface area contributed by atoms with Crippen LogP contribution in [-0.2, 0) is 11.3 Å². The first kappa shape index (κ1) is 18.6. The summed E-state index contributed by atoms with van der Waals surface area (Å²) in [6, 6.07) is 7.42. The van der Waals surface area contributed by atoms with Crippen LogP contribution in [0.5, 0.6) is 0 Å². The molecule has 0 bridgehead atoms. The Kier molecular flexibility index (Phi) is 4.66. The summed E-state index contributed by atoms with van der Waals surface area (Å²) in [5.74, 6) is 1.09. The van der Waals surface area contributed by atoms with Crippen molar-refractivity contribution >= 4 is 23.7 Å². The van der Waals surface area contributed by atoms with E-state index < -0.39 is 6.04 Å². The predicted octanol–water partition coefficient (Wildman–Crippen LogP) is 0.415. The van der Waals surface area contributed by atoms with Crippen LogP contribution in [0.25, 0.3) is 0 Å². The van der Waals surface area contributed by atoms with E-state index in [-0.39, 0.29) is 11.9 Å². The molecule has 0 N–H and O–H groups in total. The third kappa shape index (κ3) is 3.07. The number of urea groups is 1. The molecule has 4 rings (SSSR count). The third-order valence-electron chi connectivity index (χ3n) is 5.77. The minimum Gasteiger partial charge on any atom is -0.300 e. The van der Waals surface area contributed by atoms with Crippen LogP contribution in [0, 0.1) is 6.92 Å². The maximum Gasteiger partial charge on any atom is 0.392 e. The fourth-order valence-corrected chi connectivity index (χ4v) is 3.90. The third-order valence-corrected chi connectivity index (χ3v) is 5.77. The van der Waals surface area contributed by atoms with Gasteiger partial charge in [0.05, 0.1) is 19.6 Å². The van der Waals surface area contributed by atoms with E-state index in [0.29, 0.717) is 12.4 Å². The summed E-state index contributed by atoms with van der Waals surface area (Å²) in [6.45, 7) is 6.22. The van der Waals surface area contributed by atoms with Crippen LogP contribution in [0.3, 0.4) is 0 Å². The molecule has 2 fully saturated rings. The van der Waals surface area contributed by atoms with Crippen LogP contribution in [0.15, 0.2) is 29.3 Å². The minimum absolute atomic E-state index is 0.224. The van der Waals surface area contributed by atoms with E-state index in [1.807, 2.05) is 4.90 Å². The minimum atomic E-state index is -0.566. The van der Waals surface area contributed by atoms with E-state index in [1.165, 1.54) is 22.4 Å². The SMILES string of the molecule is Cc1ccc(CN2C(=[N+]3CCN(C)CC3)N=C3C2C(=O)N(C)C(=O)N3C)cc1. The number of likely N-dealkylation sites (N-methyl/N-ethyl adjacent to an activating group) is 3. The number of aliphatic imine (C=N–C) groups is 1. The molecule has 0 aliphatic carbocycles. The maximum atomic E-state index is 13.0. The molecule has 1 unspecified atom stereocenters. The Balaban J connectivity index is 1.75. The summed E-state index contributed by atoms with van der Waals surface area (Å²) in [5, 5.41) is 0. The summed E-state index contributed by atoms with van der Waals surface area (Å²) in [4.78, 5) is 37.2. The van der Waals surface area contributed by atoms with Gasteiger partial charge in [-0.1, -0.05) is 34.8 Å². The van der Waals surface area contributed by atoms with Gasteiger partial charge in [-0.25, -0.2) is 9.69 Å². The maximum absolute atomic E-state index is 13.0. The Bertz CT molecular complexity index is 865. The molecule has 1 atom stereocenters. The van der Waals surface area contributed by atoms with Gasteiger partial charge in [0.25, 0.3) is 5.91 Å². The molecule has 8 heteroatoms. The van der Waals surface area contributed by atoms with E-state index in [2.05, 4.69) is 47.7 Å². The first-order valence-corrected chi connectivity index (χ1v) is 9.63. The Hall–Kier alpha value is -2.74. The lowest BCUT2D eigenvalue weighted by Gasteiger charge is -2.33. The van der Waals surface area contributed by atoms with Crippen molar-refractivity contribution in [3.63, 3.8) is 0 Å². The number of imide groups is 1. The molecular formula is C20H27N6O2+. The van der Waals surface area contributed by atoms with E-state index >= 15 is 0 Å². The van der Waals surface area contributed by atoms with Gasteiger partial charge in [-0.05, 0) is 19.5 Å². The van der Waals surface area contributed by atoms with E-state index in [4.69, 9.17) is 4.99 Å². The number of amidine groups is 1. The highest BCUT2D eigenvalue weighted by Gasteiger charge is 2.55. The van der Waals surface area contributed by atoms with Crippen LogP contribution >= 0.6 is 0 Å². The van der Waals surface area contributed by atoms with Crippen molar-refractivity contribution in [3.8, 4) is 0 Å². The van der Waals surface area contributed by atoms with Crippen molar-refractivity contribution in [1.29, 1.82) is 0 Å². The molecule has 0 aromatic heterocycles. The van der Waals surface area contributed by atoms with Gasteiger partial charge in [0.15, 0.2) is 0 Å². The number of amides is 3. The van der Waals surface area contributed by atoms with Gasteiger partial charge < -0.3 is 4.90 Å². The Labute approximate surface area is 165 Å². The number of fused-ring (bicyclic) bond motifs is 1. The van der Waals surface area contributed by atoms with Crippen molar-refractivity contribution in [2.24, 2.45) is 4.99 Å². The average Bonchev–Trinajstić information content (AvgIpc) is 3.06. The Morgan fingerprint density at radius 3 is 2.32 bits per heavy atom. The van der Waals surface area contributed by atoms with Crippen molar-refractivity contribution in [2.45, 2.75) is 19.5 Å². The van der Waals surface area contributed by atoms with Crippen molar-refractivity contribution in [3.05, 3.63) is 35.4 Å². The molecule has 0 saturated carbocycles. The van der Waals surface area contributed by atoms with Crippen LogP contribution in [-0.4, -0.2) is 101 Å². The molecule has 1 aromatic rings. The standard InChI is InChI=1S/C20H27N6O2/c1-14-5-7-15(8-6-14)13-26-16-17(23(3)20(28)24(4)18(16)27)21-19(26)25-11-9-22(2)10-12-25/h5-8,16H,9-13H2,1-4H3/q+1. The molecule has 0 spiro atoms. The number of guanidine groups is 1. The van der Waals surface area contributed by atoms with Crippen LogP contribution in [0.1, 0.15) is 11.1 Å². The molecule has 2 saturated heterocycles. The molecule has 3 heterocycles. The monoisotopic (exact) mass is 383 g/mol. The number of aryl methyl sites for hydroxylation is 1. The molecular weight excluding hydrogens is 356 g/mol. The largest absolute Gasteiger partial charge is 0.392 e. The summed E-state index contributed by atoms with van der Waals surface area (Å²) in [7, 11) is 5.33. The van der Waals surface area contributed by atoms with E-state index in [9.17, 15) is 9.59 Å². The van der Waals surface area contributed by atoms with Gasteiger partial charge in [-0.3, -0.25) is 19.2 Å². The second-order valence-corrected chi connectivity index (χ2v) is 7.82. The van der Waals surface area contributed by atoms with Gasteiger partial charge in [0.2, 0.25) is 11.9 Å². The van der Waals surface area contributed by atoms with Gasteiger partial charge in [0, 0.05) is 27.2 Å². The predicted molar refractivity (Wildman–Crippen MR) is 106 cm³/mol. The molecule has 3 aliphatic heterocycles. The van der Waals surface area contributed by atoms with Gasteiger partial charge in [-0.15, -0.1) is 0 Å². The van der Waals surface area contributed by atoms with Crippen molar-refractivity contribution in [2.75, 3.05) is 47.3 Å². The summed E-state index contributed by atoms with van der Waals surface area (Å²) in [5.41, 5.74) is 2.31. The molecule has 8 nitrogen and oxygen atoms in total. The Morgan fingerprint density at radius 2 is 1.68 bits per heavy atom. The fourth-order valence-electron chi connectivity index (χ4n) is 3.90. The number of rotatable bonds is 2. The van der Waals surface area contributed by atoms with Crippen molar-refractivity contribution in [1.82, 2.24) is 19.6 Å². The molecule has 0 radical (unpaired) electrons. The van der Waals surface area contributed by atoms with Gasteiger partial charge in [-0.2, -0.15) is 0 Å². The highest BCUT2D eigenvalue weighted by Crippen LogP contribution is 2.25. The second kappa shape index (κ2) is 7.01. The van der Waals surface area contributed by atoms with E-state index in [1.54, 1.807) is 7.05 Å². The molecule has 28 heavy (non-hydrogen) atoms. The lowest BCUT2D eigenvalue weighted by atomic mass is 10.1. The second-order valence-electron chi connectivity index (χ2n) is 7.82. The lowest BCUT2D eigenvalue weighted by Crippen LogP contribution is -2.62. The zero-order valence-electron chi connectivity index (χ0n) is 16.9. The molecule has 148 valence electrons. The summed E-state index contributed by atoms with van der Waals surface area (Å²) in [6.07, 6.45) is 0. The molecule has 1 aromatic carbocycles. The number of carbonyl (C=O) groups excluding carboxylic acids is 2. The zero-order valence-corrected chi connectivity index (χ0v) is 16.9. The summed E-state index contributed by atoms with van der Waals surface area (Å²) >= 11 is 0. The number of carbonyl (C=O) groups is 2. The van der Waals surface area contributed by atoms with Crippen LogP contribution in [0.2, 0.25) is 0 Å². The topological polar surface area (TPSA) is 62.5 Å². The number of hydrogen-bond donors (Lipinski definition) is 0. The highest BCUT2D eigenvalue weighted by molar-refractivity contribution is 6.25. The molecule has 3 aliphatic rings. The Morgan fingerprint density at radius 1 is 1.04 bits per heavy atom. The smallest absolute Gasteiger partial charge is 0.300 e. The van der Waals surface area contributed by atoms with E-state index in [0.717, 1.165) is 37.7 Å². The van der Waals surface area contributed by atoms with Crippen molar-refractivity contribution < 1.29 is 14.2 Å². The normalized spacial score (nSPS) is 23.5. The highest BCUT2D eigenvalue weighted by atomic mass is 16.2. The first-order valence-electron chi connectivity index (χ1n) is 9.63. The van der Waals surface area contributed by atoms with Gasteiger partial charge >= 0.3 is 12.0 Å². The van der Waals surface area contributed by atoms with Gasteiger partial charge in [0.1, 0.15) is 0 Å². The fraction of sp³-hybridized carbons (Fsp3) is 0.500. The molecule has 3 amide bonds. The quantitative estimate of drug-likeness (QED) is 0.695.